The summed E-state index contributed by atoms with van der Waals surface area (Å²) in [5.74, 6) is -1.51. The van der Waals surface area contributed by atoms with Gasteiger partial charge in [-0.15, -0.1) is 0 Å². The highest BCUT2D eigenvalue weighted by Gasteiger charge is 2.63. The molecule has 0 amide bonds. The SMILES string of the molecule is CC(C)CCNC1(C(F)(F)F)Oc2ccccc2C=C1C(=O)O. The highest BCUT2D eigenvalue weighted by atomic mass is 19.4. The van der Waals surface area contributed by atoms with E-state index in [0.29, 0.717) is 12.0 Å². The third-order valence-electron chi connectivity index (χ3n) is 3.59. The van der Waals surface area contributed by atoms with Crippen LogP contribution in [0.5, 0.6) is 5.75 Å². The van der Waals surface area contributed by atoms with E-state index in [0.717, 1.165) is 6.08 Å². The molecule has 1 aromatic rings. The van der Waals surface area contributed by atoms with E-state index in [1.165, 1.54) is 18.2 Å². The summed E-state index contributed by atoms with van der Waals surface area (Å²) in [4.78, 5) is 11.4. The number of halogens is 3. The largest absolute Gasteiger partial charge is 0.478 e. The highest BCUT2D eigenvalue weighted by Crippen LogP contribution is 2.43. The molecule has 2 rings (SSSR count). The molecule has 2 N–H and O–H groups in total. The molecule has 4 nitrogen and oxygen atoms in total. The van der Waals surface area contributed by atoms with Crippen LogP contribution in [-0.2, 0) is 4.79 Å². The zero-order chi connectivity index (χ0) is 17.3. The summed E-state index contributed by atoms with van der Waals surface area (Å²) in [6.07, 6.45) is -3.46. The van der Waals surface area contributed by atoms with Crippen LogP contribution in [0.3, 0.4) is 0 Å². The van der Waals surface area contributed by atoms with E-state index in [1.807, 2.05) is 13.8 Å². The van der Waals surface area contributed by atoms with Gasteiger partial charge in [-0.05, 0) is 31.0 Å². The fourth-order valence-corrected chi connectivity index (χ4v) is 2.36. The van der Waals surface area contributed by atoms with Gasteiger partial charge in [0.15, 0.2) is 0 Å². The van der Waals surface area contributed by atoms with Gasteiger partial charge in [-0.1, -0.05) is 32.0 Å². The van der Waals surface area contributed by atoms with E-state index in [1.54, 1.807) is 6.07 Å². The molecule has 0 aromatic heterocycles. The normalized spacial score (nSPS) is 20.7. The lowest BCUT2D eigenvalue weighted by atomic mass is 9.95. The number of carboxylic acid groups (broad SMARTS) is 1. The number of fused-ring (bicyclic) bond motifs is 1. The number of para-hydroxylation sites is 1. The first-order valence-electron chi connectivity index (χ1n) is 7.22. The van der Waals surface area contributed by atoms with Crippen molar-refractivity contribution in [2.45, 2.75) is 32.2 Å². The van der Waals surface area contributed by atoms with E-state index < -0.39 is 23.4 Å². The molecule has 1 aliphatic rings. The first-order chi connectivity index (χ1) is 10.7. The molecule has 0 fully saturated rings. The molecule has 0 radical (unpaired) electrons. The Morgan fingerprint density at radius 3 is 2.57 bits per heavy atom. The Labute approximate surface area is 132 Å². The number of ether oxygens (including phenoxy) is 1. The second kappa shape index (κ2) is 6.23. The molecule has 0 saturated carbocycles. The maximum Gasteiger partial charge on any atom is 0.447 e. The van der Waals surface area contributed by atoms with Gasteiger partial charge < -0.3 is 9.84 Å². The minimum atomic E-state index is -4.93. The van der Waals surface area contributed by atoms with Crippen molar-refractivity contribution in [3.05, 3.63) is 35.4 Å². The number of alkyl halides is 3. The van der Waals surface area contributed by atoms with Gasteiger partial charge in [0.25, 0.3) is 5.72 Å². The van der Waals surface area contributed by atoms with Gasteiger partial charge >= 0.3 is 12.1 Å². The van der Waals surface area contributed by atoms with Crippen molar-refractivity contribution in [3.8, 4) is 5.75 Å². The van der Waals surface area contributed by atoms with Gasteiger partial charge in [0.1, 0.15) is 11.3 Å². The Kier molecular flexibility index (Phi) is 4.70. The lowest BCUT2D eigenvalue weighted by Crippen LogP contribution is -2.64. The standard InChI is InChI=1S/C16H18F3NO3/c1-10(2)7-8-20-15(16(17,18)19)12(14(21)22)9-11-5-3-4-6-13(11)23-15/h3-6,9-10,20H,7-8H2,1-2H3,(H,21,22). The number of benzene rings is 1. The Hall–Kier alpha value is -2.02. The lowest BCUT2D eigenvalue weighted by Gasteiger charge is -2.39. The third-order valence-corrected chi connectivity index (χ3v) is 3.59. The summed E-state index contributed by atoms with van der Waals surface area (Å²) in [6.45, 7) is 3.71. The van der Waals surface area contributed by atoms with E-state index in [2.05, 4.69) is 5.32 Å². The summed E-state index contributed by atoms with van der Waals surface area (Å²) in [7, 11) is 0. The van der Waals surface area contributed by atoms with Crippen molar-refractivity contribution >= 4 is 12.0 Å². The average Bonchev–Trinajstić information content (AvgIpc) is 2.44. The summed E-state index contributed by atoms with van der Waals surface area (Å²) < 4.78 is 46.4. The minimum absolute atomic E-state index is 0.00753. The Bertz CT molecular complexity index is 625. The molecule has 126 valence electrons. The Morgan fingerprint density at radius 1 is 1.35 bits per heavy atom. The predicted octanol–water partition coefficient (Wildman–Crippen LogP) is 3.44. The molecule has 0 saturated heterocycles. The maximum atomic E-state index is 13.7. The lowest BCUT2D eigenvalue weighted by molar-refractivity contribution is -0.246. The number of aliphatic carboxylic acids is 1. The van der Waals surface area contributed by atoms with Crippen molar-refractivity contribution in [1.82, 2.24) is 5.32 Å². The molecule has 0 spiro atoms. The summed E-state index contributed by atoms with van der Waals surface area (Å²) in [5.41, 5.74) is -3.62. The predicted molar refractivity (Wildman–Crippen MR) is 78.9 cm³/mol. The van der Waals surface area contributed by atoms with E-state index in [9.17, 15) is 23.1 Å². The maximum absolute atomic E-state index is 13.7. The van der Waals surface area contributed by atoms with Gasteiger partial charge in [-0.2, -0.15) is 13.2 Å². The summed E-state index contributed by atoms with van der Waals surface area (Å²) >= 11 is 0. The number of carbonyl (C=O) groups is 1. The van der Waals surface area contributed by atoms with Crippen LogP contribution in [0.2, 0.25) is 0 Å². The van der Waals surface area contributed by atoms with Crippen LogP contribution in [0.15, 0.2) is 29.8 Å². The van der Waals surface area contributed by atoms with Crippen molar-refractivity contribution in [1.29, 1.82) is 0 Å². The Morgan fingerprint density at radius 2 is 2.00 bits per heavy atom. The van der Waals surface area contributed by atoms with Crippen LogP contribution in [0.1, 0.15) is 25.8 Å². The molecule has 23 heavy (non-hydrogen) atoms. The first-order valence-corrected chi connectivity index (χ1v) is 7.22. The minimum Gasteiger partial charge on any atom is -0.478 e. The average molecular weight is 329 g/mol. The molecule has 1 unspecified atom stereocenters. The molecular weight excluding hydrogens is 311 g/mol. The topological polar surface area (TPSA) is 58.6 Å². The molecule has 0 bridgehead atoms. The van der Waals surface area contributed by atoms with Gasteiger partial charge in [0, 0.05) is 5.56 Å². The van der Waals surface area contributed by atoms with Crippen molar-refractivity contribution < 1.29 is 27.8 Å². The second-order valence-corrected chi connectivity index (χ2v) is 5.79. The molecule has 7 heteroatoms. The van der Waals surface area contributed by atoms with Gasteiger partial charge in [-0.3, -0.25) is 5.32 Å². The van der Waals surface area contributed by atoms with Crippen LogP contribution in [-0.4, -0.2) is 29.5 Å². The zero-order valence-corrected chi connectivity index (χ0v) is 12.8. The smallest absolute Gasteiger partial charge is 0.447 e. The van der Waals surface area contributed by atoms with Gasteiger partial charge in [-0.25, -0.2) is 4.79 Å². The first kappa shape index (κ1) is 17.3. The molecule has 1 atom stereocenters. The zero-order valence-electron chi connectivity index (χ0n) is 12.8. The number of nitrogens with one attached hydrogen (secondary N) is 1. The molecule has 1 aliphatic heterocycles. The van der Waals surface area contributed by atoms with Crippen molar-refractivity contribution in [2.75, 3.05) is 6.54 Å². The monoisotopic (exact) mass is 329 g/mol. The van der Waals surface area contributed by atoms with Crippen molar-refractivity contribution in [3.63, 3.8) is 0 Å². The van der Waals surface area contributed by atoms with Crippen LogP contribution in [0.4, 0.5) is 13.2 Å². The van der Waals surface area contributed by atoms with E-state index >= 15 is 0 Å². The van der Waals surface area contributed by atoms with Crippen LogP contribution >= 0.6 is 0 Å². The Balaban J connectivity index is 2.49. The molecule has 1 heterocycles. The number of rotatable bonds is 5. The van der Waals surface area contributed by atoms with Crippen LogP contribution in [0.25, 0.3) is 6.08 Å². The van der Waals surface area contributed by atoms with E-state index in [-0.39, 0.29) is 18.2 Å². The third kappa shape index (κ3) is 3.34. The van der Waals surface area contributed by atoms with Crippen LogP contribution < -0.4 is 10.1 Å². The molecule has 0 aliphatic carbocycles. The summed E-state index contributed by atoms with van der Waals surface area (Å²) in [5, 5.41) is 11.6. The van der Waals surface area contributed by atoms with Crippen molar-refractivity contribution in [2.24, 2.45) is 5.92 Å². The highest BCUT2D eigenvalue weighted by molar-refractivity contribution is 5.96. The number of carboxylic acids is 1. The second-order valence-electron chi connectivity index (χ2n) is 5.79. The van der Waals surface area contributed by atoms with Crippen LogP contribution in [0, 0.1) is 5.92 Å². The molecule has 1 aromatic carbocycles. The van der Waals surface area contributed by atoms with Gasteiger partial charge in [0.2, 0.25) is 0 Å². The fraction of sp³-hybridized carbons (Fsp3) is 0.438. The quantitative estimate of drug-likeness (QED) is 0.869. The summed E-state index contributed by atoms with van der Waals surface area (Å²) in [6, 6.07) is 6.03. The number of hydrogen-bond donors (Lipinski definition) is 2. The van der Waals surface area contributed by atoms with E-state index in [4.69, 9.17) is 4.74 Å². The molecular formula is C16H18F3NO3. The fourth-order valence-electron chi connectivity index (χ4n) is 2.36. The van der Waals surface area contributed by atoms with Gasteiger partial charge in [0.05, 0.1) is 0 Å². The number of hydrogen-bond acceptors (Lipinski definition) is 3.